The topological polar surface area (TPSA) is 46.2 Å². The Hall–Kier alpha value is -1.36. The van der Waals surface area contributed by atoms with Crippen molar-refractivity contribution in [3.8, 4) is 0 Å². The molecule has 21 heavy (non-hydrogen) atoms. The average molecular weight is 324 g/mol. The first-order chi connectivity index (χ1) is 9.79. The van der Waals surface area contributed by atoms with Crippen molar-refractivity contribution in [3.63, 3.8) is 0 Å². The molecule has 0 saturated carbocycles. The summed E-state index contributed by atoms with van der Waals surface area (Å²) in [4.78, 5) is 0.277. The average Bonchev–Trinajstić information content (AvgIpc) is 2.41. The van der Waals surface area contributed by atoms with Gasteiger partial charge in [0.2, 0.25) is 10.0 Å². The molecule has 0 aliphatic heterocycles. The molecule has 0 bridgehead atoms. The van der Waals surface area contributed by atoms with Crippen molar-refractivity contribution in [3.05, 3.63) is 64.2 Å². The van der Waals surface area contributed by atoms with Gasteiger partial charge in [0, 0.05) is 11.1 Å². The van der Waals surface area contributed by atoms with E-state index in [0.717, 1.165) is 16.7 Å². The zero-order valence-corrected chi connectivity index (χ0v) is 13.8. The van der Waals surface area contributed by atoms with Crippen LogP contribution in [0, 0.1) is 13.8 Å². The summed E-state index contributed by atoms with van der Waals surface area (Å²) in [6.07, 6.45) is 0. The van der Waals surface area contributed by atoms with E-state index in [1.165, 1.54) is 0 Å². The van der Waals surface area contributed by atoms with Gasteiger partial charge < -0.3 is 0 Å². The summed E-state index contributed by atoms with van der Waals surface area (Å²) < 4.78 is 27.5. The van der Waals surface area contributed by atoms with Gasteiger partial charge in [-0.2, -0.15) is 0 Å². The molecule has 2 rings (SSSR count). The minimum Gasteiger partial charge on any atom is -0.207 e. The Bertz CT molecular complexity index is 757. The Morgan fingerprint density at radius 3 is 2.38 bits per heavy atom. The zero-order valence-electron chi connectivity index (χ0n) is 12.2. The molecule has 1 atom stereocenters. The Morgan fingerprint density at radius 1 is 1.05 bits per heavy atom. The minimum absolute atomic E-state index is 0.277. The van der Waals surface area contributed by atoms with E-state index >= 15 is 0 Å². The van der Waals surface area contributed by atoms with Gasteiger partial charge in [-0.25, -0.2) is 13.1 Å². The van der Waals surface area contributed by atoms with Crippen molar-refractivity contribution in [2.24, 2.45) is 0 Å². The van der Waals surface area contributed by atoms with Crippen molar-refractivity contribution in [1.82, 2.24) is 4.72 Å². The lowest BCUT2D eigenvalue weighted by Crippen LogP contribution is -2.27. The van der Waals surface area contributed by atoms with Crippen LogP contribution >= 0.6 is 11.6 Å². The van der Waals surface area contributed by atoms with Crippen LogP contribution in [0.1, 0.15) is 29.7 Å². The van der Waals surface area contributed by atoms with Gasteiger partial charge >= 0.3 is 0 Å². The smallest absolute Gasteiger partial charge is 0.207 e. The largest absolute Gasteiger partial charge is 0.241 e. The number of halogens is 1. The second kappa shape index (κ2) is 6.18. The predicted octanol–water partition coefficient (Wildman–Crippen LogP) is 4.00. The molecule has 112 valence electrons. The number of aryl methyl sites for hydroxylation is 2. The third kappa shape index (κ3) is 3.84. The van der Waals surface area contributed by atoms with Crippen LogP contribution in [0.25, 0.3) is 0 Å². The van der Waals surface area contributed by atoms with Crippen molar-refractivity contribution in [2.45, 2.75) is 31.7 Å². The van der Waals surface area contributed by atoms with E-state index in [4.69, 9.17) is 11.6 Å². The standard InChI is InChI=1S/C16H18ClNO2S/c1-11-7-8-16(9-12(11)2)21(19,20)18-13(3)14-5-4-6-15(17)10-14/h4-10,13,18H,1-3H3. The summed E-state index contributed by atoms with van der Waals surface area (Å²) >= 11 is 5.94. The second-order valence-corrected chi connectivity index (χ2v) is 7.29. The maximum atomic E-state index is 12.4. The third-order valence-electron chi connectivity index (χ3n) is 3.47. The van der Waals surface area contributed by atoms with Crippen molar-refractivity contribution < 1.29 is 8.42 Å². The minimum atomic E-state index is -3.55. The summed E-state index contributed by atoms with van der Waals surface area (Å²) in [5.41, 5.74) is 2.85. The molecule has 5 heteroatoms. The second-order valence-electron chi connectivity index (χ2n) is 5.14. The van der Waals surface area contributed by atoms with E-state index in [2.05, 4.69) is 4.72 Å². The molecule has 0 aromatic heterocycles. The first-order valence-corrected chi connectivity index (χ1v) is 8.51. The van der Waals surface area contributed by atoms with E-state index in [9.17, 15) is 8.42 Å². The van der Waals surface area contributed by atoms with Crippen LogP contribution in [0.5, 0.6) is 0 Å². The number of nitrogens with one attached hydrogen (secondary N) is 1. The molecule has 0 aliphatic carbocycles. The van der Waals surface area contributed by atoms with E-state index in [1.807, 2.05) is 26.0 Å². The molecule has 3 nitrogen and oxygen atoms in total. The highest BCUT2D eigenvalue weighted by Gasteiger charge is 2.18. The number of sulfonamides is 1. The molecule has 0 amide bonds. The summed E-state index contributed by atoms with van der Waals surface area (Å²) in [5.74, 6) is 0. The fourth-order valence-corrected chi connectivity index (χ4v) is 3.54. The van der Waals surface area contributed by atoms with Crippen LogP contribution in [0.3, 0.4) is 0 Å². The SMILES string of the molecule is Cc1ccc(S(=O)(=O)NC(C)c2cccc(Cl)c2)cc1C. The highest BCUT2D eigenvalue weighted by Crippen LogP contribution is 2.21. The molecule has 1 unspecified atom stereocenters. The highest BCUT2D eigenvalue weighted by atomic mass is 35.5. The van der Waals surface area contributed by atoms with Crippen LogP contribution in [0.4, 0.5) is 0 Å². The molecular weight excluding hydrogens is 306 g/mol. The molecule has 0 radical (unpaired) electrons. The van der Waals surface area contributed by atoms with Crippen LogP contribution in [-0.4, -0.2) is 8.42 Å². The fourth-order valence-electron chi connectivity index (χ4n) is 2.03. The molecular formula is C16H18ClNO2S. The lowest BCUT2D eigenvalue weighted by molar-refractivity contribution is 0.567. The summed E-state index contributed by atoms with van der Waals surface area (Å²) in [6, 6.07) is 11.9. The molecule has 2 aromatic rings. The van der Waals surface area contributed by atoms with Gasteiger partial charge in [-0.05, 0) is 61.7 Å². The number of rotatable bonds is 4. The monoisotopic (exact) mass is 323 g/mol. The first kappa shape index (κ1) is 16.0. The van der Waals surface area contributed by atoms with Crippen molar-refractivity contribution in [2.75, 3.05) is 0 Å². The molecule has 2 aromatic carbocycles. The summed E-state index contributed by atoms with van der Waals surface area (Å²) in [5, 5.41) is 0.588. The van der Waals surface area contributed by atoms with E-state index in [-0.39, 0.29) is 10.9 Å². The number of hydrogen-bond acceptors (Lipinski definition) is 2. The maximum Gasteiger partial charge on any atom is 0.241 e. The zero-order chi connectivity index (χ0) is 15.6. The first-order valence-electron chi connectivity index (χ1n) is 6.64. The molecule has 0 spiro atoms. The van der Waals surface area contributed by atoms with Crippen LogP contribution < -0.4 is 4.72 Å². The van der Waals surface area contributed by atoms with Gasteiger partial charge in [0.1, 0.15) is 0 Å². The Kier molecular flexibility index (Phi) is 4.71. The van der Waals surface area contributed by atoms with Gasteiger partial charge in [-0.15, -0.1) is 0 Å². The van der Waals surface area contributed by atoms with Gasteiger partial charge in [0.05, 0.1) is 4.90 Å². The molecule has 1 N–H and O–H groups in total. The number of hydrogen-bond donors (Lipinski definition) is 1. The van der Waals surface area contributed by atoms with Gasteiger partial charge in [-0.1, -0.05) is 29.8 Å². The Labute approximate surface area is 131 Å². The van der Waals surface area contributed by atoms with Crippen LogP contribution in [0.15, 0.2) is 47.4 Å². The quantitative estimate of drug-likeness (QED) is 0.924. The Morgan fingerprint density at radius 2 is 1.76 bits per heavy atom. The summed E-state index contributed by atoms with van der Waals surface area (Å²) in [6.45, 7) is 5.65. The highest BCUT2D eigenvalue weighted by molar-refractivity contribution is 7.89. The maximum absolute atomic E-state index is 12.4. The third-order valence-corrected chi connectivity index (χ3v) is 5.24. The molecule has 0 aliphatic rings. The van der Waals surface area contributed by atoms with Crippen molar-refractivity contribution in [1.29, 1.82) is 0 Å². The van der Waals surface area contributed by atoms with Crippen LogP contribution in [0.2, 0.25) is 5.02 Å². The predicted molar refractivity (Wildman–Crippen MR) is 86.1 cm³/mol. The lowest BCUT2D eigenvalue weighted by atomic mass is 10.1. The molecule has 0 saturated heterocycles. The fraction of sp³-hybridized carbons (Fsp3) is 0.250. The lowest BCUT2D eigenvalue weighted by Gasteiger charge is -2.15. The molecule has 0 heterocycles. The van der Waals surface area contributed by atoms with Crippen LogP contribution in [-0.2, 0) is 10.0 Å². The van der Waals surface area contributed by atoms with E-state index in [0.29, 0.717) is 5.02 Å². The Balaban J connectivity index is 2.26. The van der Waals surface area contributed by atoms with E-state index < -0.39 is 10.0 Å². The number of benzene rings is 2. The van der Waals surface area contributed by atoms with Gasteiger partial charge in [-0.3, -0.25) is 0 Å². The van der Waals surface area contributed by atoms with Gasteiger partial charge in [0.15, 0.2) is 0 Å². The summed E-state index contributed by atoms with van der Waals surface area (Å²) in [7, 11) is -3.55. The normalized spacial score (nSPS) is 13.1. The van der Waals surface area contributed by atoms with E-state index in [1.54, 1.807) is 37.3 Å². The van der Waals surface area contributed by atoms with Crippen molar-refractivity contribution >= 4 is 21.6 Å². The van der Waals surface area contributed by atoms with Gasteiger partial charge in [0.25, 0.3) is 0 Å². The molecule has 0 fully saturated rings.